The van der Waals surface area contributed by atoms with Crippen LogP contribution in [0.15, 0.2) is 23.3 Å². The van der Waals surface area contributed by atoms with Gasteiger partial charge in [0.15, 0.2) is 0 Å². The van der Waals surface area contributed by atoms with E-state index in [-0.39, 0.29) is 5.56 Å². The van der Waals surface area contributed by atoms with Crippen LogP contribution in [0.3, 0.4) is 0 Å². The number of nitrogens with zero attached hydrogens (tertiary/aromatic N) is 1. The first kappa shape index (κ1) is 16.9. The second-order valence-electron chi connectivity index (χ2n) is 5.11. The molecule has 8 heteroatoms. The Kier molecular flexibility index (Phi) is 4.93. The standard InChI is InChI=1S/C13H14F4N2O2/c1-12(2,3)21-11(20)19-18-7-8-4-5-9(6-10(8)14)13(15,16)17/h4-7H,1-3H3,(H,19,20)/b18-7+. The number of hydrogen-bond acceptors (Lipinski definition) is 3. The molecule has 0 radical (unpaired) electrons. The van der Waals surface area contributed by atoms with Gasteiger partial charge in [0.05, 0.1) is 11.8 Å². The van der Waals surface area contributed by atoms with Crippen molar-refractivity contribution >= 4 is 12.3 Å². The van der Waals surface area contributed by atoms with Crippen LogP contribution >= 0.6 is 0 Å². The lowest BCUT2D eigenvalue weighted by atomic mass is 10.1. The molecule has 1 aromatic carbocycles. The monoisotopic (exact) mass is 306 g/mol. The summed E-state index contributed by atoms with van der Waals surface area (Å²) in [4.78, 5) is 11.2. The van der Waals surface area contributed by atoms with Crippen LogP contribution < -0.4 is 5.43 Å². The van der Waals surface area contributed by atoms with E-state index in [0.717, 1.165) is 18.3 Å². The zero-order chi connectivity index (χ0) is 16.3. The van der Waals surface area contributed by atoms with Gasteiger partial charge in [0.1, 0.15) is 11.4 Å². The molecule has 0 aromatic heterocycles. The summed E-state index contributed by atoms with van der Waals surface area (Å²) < 4.78 is 55.3. The molecule has 1 aromatic rings. The number of alkyl halides is 3. The number of halogens is 4. The van der Waals surface area contributed by atoms with Gasteiger partial charge in [-0.05, 0) is 39.0 Å². The van der Waals surface area contributed by atoms with Crippen molar-refractivity contribution in [2.45, 2.75) is 32.5 Å². The molecule has 0 aliphatic carbocycles. The maximum atomic E-state index is 13.4. The largest absolute Gasteiger partial charge is 0.443 e. The van der Waals surface area contributed by atoms with Gasteiger partial charge in [-0.2, -0.15) is 18.3 Å². The van der Waals surface area contributed by atoms with Crippen molar-refractivity contribution in [2.75, 3.05) is 0 Å². The third-order valence-electron chi connectivity index (χ3n) is 2.09. The Hall–Kier alpha value is -2.12. The summed E-state index contributed by atoms with van der Waals surface area (Å²) in [7, 11) is 0. The Labute approximate surface area is 118 Å². The first-order valence-electron chi connectivity index (χ1n) is 5.88. The second kappa shape index (κ2) is 6.11. The molecule has 1 amide bonds. The average molecular weight is 306 g/mol. The summed E-state index contributed by atoms with van der Waals surface area (Å²) in [6.07, 6.45) is -4.59. The minimum absolute atomic E-state index is 0.195. The minimum Gasteiger partial charge on any atom is -0.443 e. The third-order valence-corrected chi connectivity index (χ3v) is 2.09. The number of benzene rings is 1. The fourth-order valence-electron chi connectivity index (χ4n) is 1.26. The van der Waals surface area contributed by atoms with Crippen molar-refractivity contribution in [2.24, 2.45) is 5.10 Å². The van der Waals surface area contributed by atoms with Gasteiger partial charge in [-0.25, -0.2) is 14.6 Å². The quantitative estimate of drug-likeness (QED) is 0.514. The fourth-order valence-corrected chi connectivity index (χ4v) is 1.26. The fraction of sp³-hybridized carbons (Fsp3) is 0.385. The van der Waals surface area contributed by atoms with Gasteiger partial charge in [0.2, 0.25) is 0 Å². The van der Waals surface area contributed by atoms with E-state index in [0.29, 0.717) is 6.07 Å². The van der Waals surface area contributed by atoms with Gasteiger partial charge >= 0.3 is 12.3 Å². The molecule has 0 atom stereocenters. The molecule has 0 bridgehead atoms. The molecule has 0 spiro atoms. The van der Waals surface area contributed by atoms with E-state index in [9.17, 15) is 22.4 Å². The van der Waals surface area contributed by atoms with Crippen LogP contribution in [0.25, 0.3) is 0 Å². The molecule has 0 saturated heterocycles. The van der Waals surface area contributed by atoms with Crippen LogP contribution in [0.4, 0.5) is 22.4 Å². The number of amides is 1. The SMILES string of the molecule is CC(C)(C)OC(=O)N/N=C/c1ccc(C(F)(F)F)cc1F. The van der Waals surface area contributed by atoms with Crippen LogP contribution in [0.5, 0.6) is 0 Å². The number of hydrazone groups is 1. The average Bonchev–Trinajstić information content (AvgIpc) is 2.27. The maximum absolute atomic E-state index is 13.4. The van der Waals surface area contributed by atoms with Crippen molar-refractivity contribution in [1.29, 1.82) is 0 Å². The highest BCUT2D eigenvalue weighted by Gasteiger charge is 2.31. The number of rotatable bonds is 2. The Balaban J connectivity index is 2.72. The zero-order valence-corrected chi connectivity index (χ0v) is 11.6. The number of hydrogen-bond donors (Lipinski definition) is 1. The number of carbonyl (C=O) groups is 1. The molecule has 1 N–H and O–H groups in total. The summed E-state index contributed by atoms with van der Waals surface area (Å²) in [5, 5.41) is 3.41. The van der Waals surface area contributed by atoms with Crippen LogP contribution in [0, 0.1) is 5.82 Å². The van der Waals surface area contributed by atoms with Crippen LogP contribution in [-0.4, -0.2) is 17.9 Å². The summed E-state index contributed by atoms with van der Waals surface area (Å²) in [5.74, 6) is -1.10. The lowest BCUT2D eigenvalue weighted by molar-refractivity contribution is -0.137. The van der Waals surface area contributed by atoms with Gasteiger partial charge in [0, 0.05) is 5.56 Å². The first-order chi connectivity index (χ1) is 9.49. The van der Waals surface area contributed by atoms with Crippen molar-refractivity contribution in [3.05, 3.63) is 35.1 Å². The molecule has 0 fully saturated rings. The molecule has 0 aliphatic rings. The summed E-state index contributed by atoms with van der Waals surface area (Å²) >= 11 is 0. The van der Waals surface area contributed by atoms with E-state index in [1.54, 1.807) is 20.8 Å². The lowest BCUT2D eigenvalue weighted by Gasteiger charge is -2.18. The van der Waals surface area contributed by atoms with Gasteiger partial charge < -0.3 is 4.74 Å². The predicted molar refractivity (Wildman–Crippen MR) is 68.4 cm³/mol. The molecule has 21 heavy (non-hydrogen) atoms. The van der Waals surface area contributed by atoms with Gasteiger partial charge in [-0.3, -0.25) is 0 Å². The smallest absolute Gasteiger partial charge is 0.428 e. The topological polar surface area (TPSA) is 50.7 Å². The van der Waals surface area contributed by atoms with E-state index in [2.05, 4.69) is 5.10 Å². The summed E-state index contributed by atoms with van der Waals surface area (Å²) in [6.45, 7) is 4.93. The number of carbonyl (C=O) groups excluding carboxylic acids is 1. The van der Waals surface area contributed by atoms with Gasteiger partial charge in [-0.15, -0.1) is 0 Å². The molecular formula is C13H14F4N2O2. The highest BCUT2D eigenvalue weighted by atomic mass is 19.4. The highest BCUT2D eigenvalue weighted by Crippen LogP contribution is 2.29. The van der Waals surface area contributed by atoms with Gasteiger partial charge in [-0.1, -0.05) is 0 Å². The van der Waals surface area contributed by atoms with E-state index in [4.69, 9.17) is 4.74 Å². The summed E-state index contributed by atoms with van der Waals surface area (Å²) in [5.41, 5.74) is -0.0389. The number of ether oxygens (including phenoxy) is 1. The van der Waals surface area contributed by atoms with Crippen LogP contribution in [-0.2, 0) is 10.9 Å². The second-order valence-corrected chi connectivity index (χ2v) is 5.11. The Morgan fingerprint density at radius 2 is 1.90 bits per heavy atom. The van der Waals surface area contributed by atoms with Crippen molar-refractivity contribution < 1.29 is 27.1 Å². The molecule has 116 valence electrons. The Bertz CT molecular complexity index is 548. The van der Waals surface area contributed by atoms with Crippen molar-refractivity contribution in [3.8, 4) is 0 Å². The van der Waals surface area contributed by atoms with Crippen molar-refractivity contribution in [3.63, 3.8) is 0 Å². The minimum atomic E-state index is -4.62. The third kappa shape index (κ3) is 5.80. The zero-order valence-electron chi connectivity index (χ0n) is 11.6. The normalized spacial score (nSPS) is 12.5. The molecule has 0 unspecified atom stereocenters. The maximum Gasteiger partial charge on any atom is 0.428 e. The van der Waals surface area contributed by atoms with E-state index >= 15 is 0 Å². The Morgan fingerprint density at radius 1 is 1.29 bits per heavy atom. The van der Waals surface area contributed by atoms with Crippen LogP contribution in [0.2, 0.25) is 0 Å². The lowest BCUT2D eigenvalue weighted by Crippen LogP contribution is -2.29. The van der Waals surface area contributed by atoms with Crippen molar-refractivity contribution in [1.82, 2.24) is 5.43 Å². The van der Waals surface area contributed by atoms with E-state index < -0.39 is 29.3 Å². The molecule has 0 heterocycles. The van der Waals surface area contributed by atoms with E-state index in [1.165, 1.54) is 0 Å². The van der Waals surface area contributed by atoms with Crippen LogP contribution in [0.1, 0.15) is 31.9 Å². The van der Waals surface area contributed by atoms with Gasteiger partial charge in [0.25, 0.3) is 0 Å². The molecule has 4 nitrogen and oxygen atoms in total. The molecule has 0 saturated carbocycles. The predicted octanol–water partition coefficient (Wildman–Crippen LogP) is 3.70. The first-order valence-corrected chi connectivity index (χ1v) is 5.88. The Morgan fingerprint density at radius 3 is 2.38 bits per heavy atom. The molecule has 0 aliphatic heterocycles. The molecular weight excluding hydrogens is 292 g/mol. The highest BCUT2D eigenvalue weighted by molar-refractivity contribution is 5.81. The molecule has 1 rings (SSSR count). The number of nitrogens with one attached hydrogen (secondary N) is 1. The van der Waals surface area contributed by atoms with E-state index in [1.807, 2.05) is 5.43 Å². The summed E-state index contributed by atoms with van der Waals surface area (Å²) in [6, 6.07) is 1.99.